The van der Waals surface area contributed by atoms with E-state index in [0.717, 1.165) is 60.8 Å². The first-order chi connectivity index (χ1) is 11.2. The zero-order chi connectivity index (χ0) is 18.3. The Kier molecular flexibility index (Phi) is 7.78. The van der Waals surface area contributed by atoms with Gasteiger partial charge in [-0.1, -0.05) is 53.5 Å². The first kappa shape index (κ1) is 20.5. The number of carboxylic acid groups (broad SMARTS) is 1. The summed E-state index contributed by atoms with van der Waals surface area (Å²) in [6, 6.07) is 2.06. The highest BCUT2D eigenvalue weighted by Gasteiger charge is 2.26. The molecule has 0 aliphatic heterocycles. The summed E-state index contributed by atoms with van der Waals surface area (Å²) in [7, 11) is 0. The van der Waals surface area contributed by atoms with Gasteiger partial charge in [0, 0.05) is 6.42 Å². The van der Waals surface area contributed by atoms with Crippen molar-refractivity contribution in [3.8, 4) is 5.75 Å². The van der Waals surface area contributed by atoms with Crippen LogP contribution in [0, 0.1) is 0 Å². The molecule has 136 valence electrons. The minimum atomic E-state index is -0.770. The molecule has 3 heteroatoms. The van der Waals surface area contributed by atoms with Crippen LogP contribution in [-0.2, 0) is 29.5 Å². The van der Waals surface area contributed by atoms with Crippen molar-refractivity contribution in [2.75, 3.05) is 0 Å². The fourth-order valence-electron chi connectivity index (χ4n) is 3.38. The molecule has 24 heavy (non-hydrogen) atoms. The fraction of sp³-hybridized carbons (Fsp3) is 0.667. The van der Waals surface area contributed by atoms with Gasteiger partial charge in [-0.2, -0.15) is 0 Å². The monoisotopic (exact) mass is 334 g/mol. The molecule has 0 saturated heterocycles. The van der Waals surface area contributed by atoms with E-state index < -0.39 is 5.97 Å². The average molecular weight is 335 g/mol. The molecule has 0 heterocycles. The van der Waals surface area contributed by atoms with Crippen molar-refractivity contribution in [2.45, 2.75) is 91.4 Å². The van der Waals surface area contributed by atoms with Crippen LogP contribution in [0.25, 0.3) is 0 Å². The van der Waals surface area contributed by atoms with Crippen LogP contribution in [0.4, 0.5) is 0 Å². The molecule has 0 atom stereocenters. The first-order valence-electron chi connectivity index (χ1n) is 9.31. The summed E-state index contributed by atoms with van der Waals surface area (Å²) in [4.78, 5) is 11.1. The Bertz CT molecular complexity index is 553. The molecule has 0 aliphatic rings. The van der Waals surface area contributed by atoms with Crippen LogP contribution in [-0.4, -0.2) is 16.2 Å². The SMILES string of the molecule is CCCCc1cc(CCC(=O)O)c(C(C)(C)C)c(CCCC)c1O. The molecule has 1 aromatic rings. The molecule has 1 aromatic carbocycles. The Morgan fingerprint density at radius 2 is 1.58 bits per heavy atom. The number of hydrogen-bond donors (Lipinski definition) is 2. The molecule has 0 saturated carbocycles. The van der Waals surface area contributed by atoms with Crippen molar-refractivity contribution in [3.63, 3.8) is 0 Å². The maximum absolute atomic E-state index is 11.1. The zero-order valence-electron chi connectivity index (χ0n) is 16.0. The van der Waals surface area contributed by atoms with E-state index in [-0.39, 0.29) is 11.8 Å². The second-order valence-electron chi connectivity index (χ2n) is 7.75. The van der Waals surface area contributed by atoms with Gasteiger partial charge in [-0.05, 0) is 59.8 Å². The van der Waals surface area contributed by atoms with Crippen LogP contribution in [0.15, 0.2) is 6.07 Å². The number of unbranched alkanes of at least 4 members (excludes halogenated alkanes) is 2. The number of rotatable bonds is 9. The second kappa shape index (κ2) is 9.10. The largest absolute Gasteiger partial charge is 0.507 e. The van der Waals surface area contributed by atoms with E-state index in [0.29, 0.717) is 12.2 Å². The Labute approximate surface area is 147 Å². The van der Waals surface area contributed by atoms with E-state index in [1.807, 2.05) is 0 Å². The third-order valence-corrected chi connectivity index (χ3v) is 4.50. The summed E-state index contributed by atoms with van der Waals surface area (Å²) in [5.74, 6) is -0.325. The Morgan fingerprint density at radius 3 is 2.08 bits per heavy atom. The number of aromatic hydroxyl groups is 1. The van der Waals surface area contributed by atoms with Gasteiger partial charge in [-0.15, -0.1) is 0 Å². The minimum absolute atomic E-state index is 0.113. The number of phenols is 1. The molecular weight excluding hydrogens is 300 g/mol. The maximum Gasteiger partial charge on any atom is 0.303 e. The van der Waals surface area contributed by atoms with Crippen molar-refractivity contribution in [2.24, 2.45) is 0 Å². The van der Waals surface area contributed by atoms with Gasteiger partial charge in [0.05, 0.1) is 0 Å². The molecule has 2 N–H and O–H groups in total. The molecule has 1 rings (SSSR count). The summed E-state index contributed by atoms with van der Waals surface area (Å²) >= 11 is 0. The number of carbonyl (C=O) groups is 1. The highest BCUT2D eigenvalue weighted by atomic mass is 16.4. The Morgan fingerprint density at radius 1 is 1.00 bits per heavy atom. The maximum atomic E-state index is 11.1. The third-order valence-electron chi connectivity index (χ3n) is 4.50. The minimum Gasteiger partial charge on any atom is -0.507 e. The van der Waals surface area contributed by atoms with Crippen LogP contribution >= 0.6 is 0 Å². The molecule has 0 amide bonds. The van der Waals surface area contributed by atoms with E-state index in [1.165, 1.54) is 0 Å². The highest BCUT2D eigenvalue weighted by molar-refractivity contribution is 5.67. The molecule has 0 unspecified atom stereocenters. The lowest BCUT2D eigenvalue weighted by atomic mass is 9.76. The average Bonchev–Trinajstić information content (AvgIpc) is 2.49. The number of aliphatic carboxylic acids is 1. The topological polar surface area (TPSA) is 57.5 Å². The van der Waals surface area contributed by atoms with E-state index in [2.05, 4.69) is 40.7 Å². The van der Waals surface area contributed by atoms with Gasteiger partial charge in [0.25, 0.3) is 0 Å². The second-order valence-corrected chi connectivity index (χ2v) is 7.75. The summed E-state index contributed by atoms with van der Waals surface area (Å²) in [5, 5.41) is 20.0. The lowest BCUT2D eigenvalue weighted by molar-refractivity contribution is -0.136. The van der Waals surface area contributed by atoms with Crippen molar-refractivity contribution in [3.05, 3.63) is 28.3 Å². The molecule has 0 fully saturated rings. The van der Waals surface area contributed by atoms with Gasteiger partial charge in [0.1, 0.15) is 5.75 Å². The van der Waals surface area contributed by atoms with Crippen LogP contribution in [0.3, 0.4) is 0 Å². The summed E-state index contributed by atoms with van der Waals surface area (Å²) in [5.41, 5.74) is 4.15. The number of phenolic OH excluding ortho intramolecular Hbond substituents is 1. The Balaban J connectivity index is 3.46. The van der Waals surface area contributed by atoms with Gasteiger partial charge in [0.2, 0.25) is 0 Å². The Hall–Kier alpha value is -1.51. The van der Waals surface area contributed by atoms with Crippen LogP contribution in [0.5, 0.6) is 5.75 Å². The standard InChI is InChI=1S/C21H34O3/c1-6-8-10-16-14-15(12-13-18(22)23)19(21(3,4)5)17(20(16)24)11-9-7-2/h14,24H,6-13H2,1-5H3,(H,22,23). The quantitative estimate of drug-likeness (QED) is 0.636. The zero-order valence-corrected chi connectivity index (χ0v) is 16.0. The molecular formula is C21H34O3. The van der Waals surface area contributed by atoms with E-state index in [9.17, 15) is 9.90 Å². The molecule has 0 aliphatic carbocycles. The van der Waals surface area contributed by atoms with Crippen LogP contribution in [0.1, 0.15) is 89.0 Å². The van der Waals surface area contributed by atoms with Crippen molar-refractivity contribution >= 4 is 5.97 Å². The lowest BCUT2D eigenvalue weighted by Crippen LogP contribution is -2.19. The highest BCUT2D eigenvalue weighted by Crippen LogP contribution is 2.39. The predicted octanol–water partition coefficient (Wildman–Crippen LogP) is 5.39. The van der Waals surface area contributed by atoms with Crippen LogP contribution in [0.2, 0.25) is 0 Å². The molecule has 0 bridgehead atoms. The molecule has 3 nitrogen and oxygen atoms in total. The molecule has 0 radical (unpaired) electrons. The summed E-state index contributed by atoms with van der Waals surface area (Å²) in [6.45, 7) is 10.7. The summed E-state index contributed by atoms with van der Waals surface area (Å²) < 4.78 is 0. The van der Waals surface area contributed by atoms with Gasteiger partial charge < -0.3 is 10.2 Å². The van der Waals surface area contributed by atoms with Gasteiger partial charge in [-0.3, -0.25) is 4.79 Å². The number of hydrogen-bond acceptors (Lipinski definition) is 2. The van der Waals surface area contributed by atoms with Crippen molar-refractivity contribution in [1.82, 2.24) is 0 Å². The van der Waals surface area contributed by atoms with Gasteiger partial charge in [0.15, 0.2) is 0 Å². The third kappa shape index (κ3) is 5.54. The predicted molar refractivity (Wildman–Crippen MR) is 100.0 cm³/mol. The van der Waals surface area contributed by atoms with E-state index in [1.54, 1.807) is 0 Å². The van der Waals surface area contributed by atoms with Crippen LogP contribution < -0.4 is 0 Å². The number of aryl methyl sites for hydroxylation is 2. The lowest BCUT2D eigenvalue weighted by Gasteiger charge is -2.29. The molecule has 0 spiro atoms. The smallest absolute Gasteiger partial charge is 0.303 e. The first-order valence-corrected chi connectivity index (χ1v) is 9.31. The summed E-state index contributed by atoms with van der Waals surface area (Å²) in [6.07, 6.45) is 6.60. The van der Waals surface area contributed by atoms with Crippen molar-refractivity contribution < 1.29 is 15.0 Å². The normalized spacial score (nSPS) is 11.7. The van der Waals surface area contributed by atoms with E-state index in [4.69, 9.17) is 5.11 Å². The van der Waals surface area contributed by atoms with Crippen molar-refractivity contribution in [1.29, 1.82) is 0 Å². The van der Waals surface area contributed by atoms with Gasteiger partial charge >= 0.3 is 5.97 Å². The number of benzene rings is 1. The fourth-order valence-corrected chi connectivity index (χ4v) is 3.38. The van der Waals surface area contributed by atoms with E-state index >= 15 is 0 Å². The molecule has 0 aromatic heterocycles. The number of carboxylic acids is 1. The van der Waals surface area contributed by atoms with Gasteiger partial charge in [-0.25, -0.2) is 0 Å².